The molecule has 2 atom stereocenters. The highest BCUT2D eigenvalue weighted by Crippen LogP contribution is 2.42. The van der Waals surface area contributed by atoms with Gasteiger partial charge in [0.2, 0.25) is 0 Å². The summed E-state index contributed by atoms with van der Waals surface area (Å²) in [4.78, 5) is 0.0379. The molecule has 0 fully saturated rings. The summed E-state index contributed by atoms with van der Waals surface area (Å²) in [6, 6.07) is 0. The molecule has 1 N–H and O–H groups in total. The molecule has 0 saturated carbocycles. The quantitative estimate of drug-likeness (QED) is 0.332. The molecule has 0 amide bonds. The fourth-order valence-corrected chi connectivity index (χ4v) is 4.57. The highest BCUT2D eigenvalue weighted by molar-refractivity contribution is 7.89. The first-order valence-electron chi connectivity index (χ1n) is 11.3. The molecule has 2 unspecified atom stereocenters. The Hall–Kier alpha value is -1.37. The van der Waals surface area contributed by atoms with Crippen LogP contribution in [0.25, 0.3) is 0 Å². The van der Waals surface area contributed by atoms with Gasteiger partial charge in [0.25, 0.3) is 10.1 Å². The first kappa shape index (κ1) is 25.9. The second kappa shape index (κ2) is 10.5. The van der Waals surface area contributed by atoms with Gasteiger partial charge in [0.15, 0.2) is 0 Å². The van der Waals surface area contributed by atoms with E-state index in [4.69, 9.17) is 14.0 Å². The maximum atomic E-state index is 11.1. The van der Waals surface area contributed by atoms with Gasteiger partial charge in [0.05, 0.1) is 30.0 Å². The van der Waals surface area contributed by atoms with Crippen LogP contribution in [0.3, 0.4) is 0 Å². The summed E-state index contributed by atoms with van der Waals surface area (Å²) in [5.74, 6) is 1.27. The van der Waals surface area contributed by atoms with E-state index in [-0.39, 0.29) is 28.3 Å². The molecule has 2 aliphatic carbocycles. The maximum absolute atomic E-state index is 11.1. The van der Waals surface area contributed by atoms with Gasteiger partial charge in [0.1, 0.15) is 0 Å². The molecule has 0 aromatic heterocycles. The van der Waals surface area contributed by atoms with Gasteiger partial charge >= 0.3 is 0 Å². The average molecular weight is 453 g/mol. The first-order valence-corrected chi connectivity index (χ1v) is 12.7. The van der Waals surface area contributed by atoms with Crippen molar-refractivity contribution in [2.75, 3.05) is 13.2 Å². The van der Waals surface area contributed by atoms with E-state index in [1.807, 2.05) is 0 Å². The van der Waals surface area contributed by atoms with E-state index in [0.717, 1.165) is 25.0 Å². The standard InChI is InChI=1S/C25H40O5S/c1-24(2,3)18-23(25(4,5)6)19-8-10-20(11-9-19)29-16-7-17-30-21-12-14-22(15-13-21)31(26,27)28/h8-10,12,14,20,23H,7,11,13,15-18H2,1-6H3,(H,26,27,28). The molecule has 2 aliphatic rings. The Balaban J connectivity index is 1.74. The van der Waals surface area contributed by atoms with Gasteiger partial charge in [-0.1, -0.05) is 59.8 Å². The lowest BCUT2D eigenvalue weighted by Crippen LogP contribution is -2.28. The van der Waals surface area contributed by atoms with E-state index >= 15 is 0 Å². The van der Waals surface area contributed by atoms with Gasteiger partial charge in [-0.25, -0.2) is 0 Å². The number of hydrogen-bond donors (Lipinski definition) is 1. The minimum absolute atomic E-state index is 0.0379. The minimum Gasteiger partial charge on any atom is -0.498 e. The molecule has 0 aromatic carbocycles. The van der Waals surface area contributed by atoms with Crippen LogP contribution < -0.4 is 0 Å². The third-order valence-corrected chi connectivity index (χ3v) is 6.67. The topological polar surface area (TPSA) is 72.8 Å². The van der Waals surface area contributed by atoms with Crippen molar-refractivity contribution in [2.24, 2.45) is 16.7 Å². The van der Waals surface area contributed by atoms with E-state index < -0.39 is 10.1 Å². The molecule has 0 bridgehead atoms. The Kier molecular flexibility index (Phi) is 8.77. The zero-order valence-electron chi connectivity index (χ0n) is 20.0. The average Bonchev–Trinajstić information content (AvgIpc) is 2.65. The van der Waals surface area contributed by atoms with Gasteiger partial charge in [0, 0.05) is 12.8 Å². The van der Waals surface area contributed by atoms with E-state index in [1.165, 1.54) is 11.6 Å². The lowest BCUT2D eigenvalue weighted by atomic mass is 9.68. The molecule has 0 aliphatic heterocycles. The number of allylic oxidation sites excluding steroid dienone is 6. The zero-order valence-corrected chi connectivity index (χ0v) is 20.8. The summed E-state index contributed by atoms with van der Waals surface area (Å²) in [5.41, 5.74) is 1.93. The Morgan fingerprint density at radius 3 is 2.29 bits per heavy atom. The second-order valence-electron chi connectivity index (χ2n) is 10.8. The summed E-state index contributed by atoms with van der Waals surface area (Å²) >= 11 is 0. The molecule has 0 heterocycles. The minimum atomic E-state index is -4.09. The summed E-state index contributed by atoms with van der Waals surface area (Å²) in [5, 5.41) is 0. The van der Waals surface area contributed by atoms with Crippen molar-refractivity contribution < 1.29 is 22.4 Å². The van der Waals surface area contributed by atoms with Crippen LogP contribution >= 0.6 is 0 Å². The van der Waals surface area contributed by atoms with Crippen LogP contribution in [0.1, 0.15) is 73.6 Å². The van der Waals surface area contributed by atoms with Gasteiger partial charge in [-0.15, -0.1) is 0 Å². The monoisotopic (exact) mass is 452 g/mol. The highest BCUT2D eigenvalue weighted by Gasteiger charge is 2.31. The van der Waals surface area contributed by atoms with Crippen LogP contribution in [0.4, 0.5) is 0 Å². The summed E-state index contributed by atoms with van der Waals surface area (Å²) in [6.45, 7) is 15.0. The Labute approximate surface area is 189 Å². The molecular weight excluding hydrogens is 412 g/mol. The van der Waals surface area contributed by atoms with Crippen LogP contribution in [-0.2, 0) is 19.6 Å². The van der Waals surface area contributed by atoms with Gasteiger partial charge in [-0.05, 0) is 53.7 Å². The van der Waals surface area contributed by atoms with Crippen molar-refractivity contribution in [3.8, 4) is 0 Å². The van der Waals surface area contributed by atoms with Crippen LogP contribution in [0.5, 0.6) is 0 Å². The van der Waals surface area contributed by atoms with E-state index in [2.05, 4.69) is 59.8 Å². The van der Waals surface area contributed by atoms with Crippen LogP contribution in [0, 0.1) is 16.7 Å². The highest BCUT2D eigenvalue weighted by atomic mass is 32.2. The number of ether oxygens (including phenoxy) is 2. The summed E-state index contributed by atoms with van der Waals surface area (Å²) < 4.78 is 42.9. The molecule has 0 aromatic rings. The molecule has 5 nitrogen and oxygen atoms in total. The van der Waals surface area contributed by atoms with Crippen molar-refractivity contribution in [2.45, 2.75) is 79.8 Å². The fourth-order valence-electron chi connectivity index (χ4n) is 3.97. The molecular formula is C25H40O5S. The molecule has 31 heavy (non-hydrogen) atoms. The predicted molar refractivity (Wildman–Crippen MR) is 126 cm³/mol. The smallest absolute Gasteiger partial charge is 0.290 e. The van der Waals surface area contributed by atoms with E-state index in [0.29, 0.717) is 25.6 Å². The lowest BCUT2D eigenvalue weighted by molar-refractivity contribution is 0.0674. The predicted octanol–water partition coefficient (Wildman–Crippen LogP) is 6.21. The molecule has 6 heteroatoms. The molecule has 0 radical (unpaired) electrons. The Morgan fingerprint density at radius 2 is 1.81 bits per heavy atom. The fraction of sp³-hybridized carbons (Fsp3) is 0.680. The number of rotatable bonds is 9. The third-order valence-electron chi connectivity index (χ3n) is 5.67. The summed E-state index contributed by atoms with van der Waals surface area (Å²) in [6.07, 6.45) is 13.5. The van der Waals surface area contributed by atoms with Crippen molar-refractivity contribution in [1.82, 2.24) is 0 Å². The van der Waals surface area contributed by atoms with Crippen molar-refractivity contribution in [3.05, 3.63) is 46.6 Å². The normalized spacial score (nSPS) is 21.3. The Morgan fingerprint density at radius 1 is 1.10 bits per heavy atom. The van der Waals surface area contributed by atoms with Crippen molar-refractivity contribution >= 4 is 10.1 Å². The zero-order chi connectivity index (χ0) is 23.3. The largest absolute Gasteiger partial charge is 0.498 e. The molecule has 176 valence electrons. The van der Waals surface area contributed by atoms with Gasteiger partial charge in [-0.2, -0.15) is 8.42 Å². The lowest BCUT2D eigenvalue weighted by Gasteiger charge is -2.37. The molecule has 0 saturated heterocycles. The van der Waals surface area contributed by atoms with Crippen LogP contribution in [-0.4, -0.2) is 32.3 Å². The molecule has 2 rings (SSSR count). The van der Waals surface area contributed by atoms with Crippen molar-refractivity contribution in [1.29, 1.82) is 0 Å². The number of hydrogen-bond acceptors (Lipinski definition) is 4. The molecule has 0 spiro atoms. The van der Waals surface area contributed by atoms with E-state index in [9.17, 15) is 8.42 Å². The van der Waals surface area contributed by atoms with Gasteiger partial charge < -0.3 is 9.47 Å². The first-order chi connectivity index (χ1) is 14.3. The van der Waals surface area contributed by atoms with Crippen LogP contribution in [0.2, 0.25) is 0 Å². The maximum Gasteiger partial charge on any atom is 0.290 e. The Bertz CT molecular complexity index is 832. The third kappa shape index (κ3) is 8.95. The SMILES string of the molecule is CC(C)(C)CC(C1=CCC(OCCCOC2=CC=C(S(=O)(=O)O)CC2)C=C1)C(C)(C)C. The van der Waals surface area contributed by atoms with Gasteiger partial charge in [-0.3, -0.25) is 4.55 Å². The summed E-state index contributed by atoms with van der Waals surface area (Å²) in [7, 11) is -4.09. The second-order valence-corrected chi connectivity index (χ2v) is 12.3. The van der Waals surface area contributed by atoms with Crippen LogP contribution in [0.15, 0.2) is 46.6 Å². The van der Waals surface area contributed by atoms with Crippen molar-refractivity contribution in [3.63, 3.8) is 0 Å². The van der Waals surface area contributed by atoms with E-state index in [1.54, 1.807) is 6.08 Å².